The lowest BCUT2D eigenvalue weighted by Crippen LogP contribution is -2.17. The molecule has 0 heterocycles. The van der Waals surface area contributed by atoms with Crippen LogP contribution in [0.3, 0.4) is 0 Å². The highest BCUT2D eigenvalue weighted by atomic mass is 35.5. The largest absolute Gasteiger partial charge is 0.379 e. The van der Waals surface area contributed by atoms with Gasteiger partial charge in [-0.1, -0.05) is 186 Å². The van der Waals surface area contributed by atoms with Crippen LogP contribution in [0.4, 0.5) is 0 Å². The molecular formula is C35H72ClO4P. The molecule has 0 aromatic carbocycles. The standard InChI is InChI=1S/C35H72ClO4P/c1-3-5-7-9-11-13-15-17-18-20-22-24-26-28-31-38-33-34(40-41-39-32-30-35(36)37)29-27-25-23-21-19-16-14-12-10-8-6-4-2/h34-35,37,41H,3-33H2,1-2H3. The van der Waals surface area contributed by atoms with E-state index in [0.29, 0.717) is 19.6 Å². The van der Waals surface area contributed by atoms with Gasteiger partial charge in [-0.15, -0.1) is 0 Å². The lowest BCUT2D eigenvalue weighted by molar-refractivity contribution is 0.0435. The number of rotatable bonds is 36. The molecule has 0 aliphatic heterocycles. The third-order valence-electron chi connectivity index (χ3n) is 8.06. The van der Waals surface area contributed by atoms with E-state index in [1.54, 1.807) is 0 Å². The number of ether oxygens (including phenoxy) is 1. The van der Waals surface area contributed by atoms with Crippen molar-refractivity contribution in [2.75, 3.05) is 19.8 Å². The molecule has 0 aliphatic carbocycles. The number of unbranched alkanes of at least 4 members (excludes halogenated alkanes) is 24. The average Bonchev–Trinajstić information content (AvgIpc) is 2.96. The molecule has 0 amide bonds. The van der Waals surface area contributed by atoms with Crippen molar-refractivity contribution in [3.63, 3.8) is 0 Å². The number of halogens is 1. The van der Waals surface area contributed by atoms with Gasteiger partial charge in [-0.2, -0.15) is 0 Å². The first-order chi connectivity index (χ1) is 20.2. The first-order valence-corrected chi connectivity index (χ1v) is 19.4. The monoisotopic (exact) mass is 622 g/mol. The molecule has 0 aromatic rings. The van der Waals surface area contributed by atoms with Crippen LogP contribution in [0, 0.1) is 0 Å². The van der Waals surface area contributed by atoms with Crippen LogP contribution in [-0.2, 0) is 13.8 Å². The summed E-state index contributed by atoms with van der Waals surface area (Å²) in [6.07, 6.45) is 37.2. The van der Waals surface area contributed by atoms with Gasteiger partial charge in [-0.3, -0.25) is 0 Å². The van der Waals surface area contributed by atoms with Crippen molar-refractivity contribution in [1.82, 2.24) is 0 Å². The van der Waals surface area contributed by atoms with Crippen molar-refractivity contribution in [1.29, 1.82) is 0 Å². The van der Waals surface area contributed by atoms with Crippen LogP contribution in [0.2, 0.25) is 0 Å². The Labute approximate surface area is 264 Å². The summed E-state index contributed by atoms with van der Waals surface area (Å²) in [6.45, 7) is 6.49. The van der Waals surface area contributed by atoms with Gasteiger partial charge < -0.3 is 18.9 Å². The smallest absolute Gasteiger partial charge is 0.155 e. The van der Waals surface area contributed by atoms with Crippen LogP contribution in [0.15, 0.2) is 0 Å². The summed E-state index contributed by atoms with van der Waals surface area (Å²) in [5.41, 5.74) is -0.843. The maximum Gasteiger partial charge on any atom is 0.155 e. The third-order valence-corrected chi connectivity index (χ3v) is 9.03. The van der Waals surface area contributed by atoms with Crippen molar-refractivity contribution in [3.05, 3.63) is 0 Å². The van der Waals surface area contributed by atoms with Crippen molar-refractivity contribution < 1.29 is 18.9 Å². The van der Waals surface area contributed by atoms with Crippen LogP contribution in [0.5, 0.6) is 0 Å². The molecule has 0 aliphatic rings. The quantitative estimate of drug-likeness (QED) is 0.0429. The molecule has 0 spiro atoms. The molecule has 4 nitrogen and oxygen atoms in total. The molecule has 0 aromatic heterocycles. The summed E-state index contributed by atoms with van der Waals surface area (Å²) in [7, 11) is -0.0157. The summed E-state index contributed by atoms with van der Waals surface area (Å²) < 4.78 is 17.5. The molecular weight excluding hydrogens is 551 g/mol. The Morgan fingerprint density at radius 3 is 1.32 bits per heavy atom. The molecule has 0 saturated carbocycles. The van der Waals surface area contributed by atoms with Crippen molar-refractivity contribution in [2.24, 2.45) is 0 Å². The summed E-state index contributed by atoms with van der Waals surface area (Å²) in [5, 5.41) is 9.18. The minimum atomic E-state index is -0.843. The summed E-state index contributed by atoms with van der Waals surface area (Å²) in [6, 6.07) is 0. The van der Waals surface area contributed by atoms with E-state index < -0.39 is 5.56 Å². The predicted molar refractivity (Wildman–Crippen MR) is 182 cm³/mol. The third kappa shape index (κ3) is 36.7. The summed E-state index contributed by atoms with van der Waals surface area (Å²) >= 11 is 5.58. The molecule has 41 heavy (non-hydrogen) atoms. The van der Waals surface area contributed by atoms with E-state index in [0.717, 1.165) is 19.4 Å². The number of aliphatic hydroxyl groups excluding tert-OH is 1. The Hall–Kier alpha value is 0.560. The normalized spacial score (nSPS) is 13.5. The predicted octanol–water partition coefficient (Wildman–Crippen LogP) is 12.4. The van der Waals surface area contributed by atoms with Gasteiger partial charge in [0.25, 0.3) is 0 Å². The average molecular weight is 623 g/mol. The van der Waals surface area contributed by atoms with Gasteiger partial charge in [0, 0.05) is 13.0 Å². The van der Waals surface area contributed by atoms with Gasteiger partial charge in [0.1, 0.15) is 5.56 Å². The van der Waals surface area contributed by atoms with Crippen molar-refractivity contribution >= 4 is 20.6 Å². The lowest BCUT2D eigenvalue weighted by atomic mass is 10.0. The Bertz CT molecular complexity index is 469. The highest BCUT2D eigenvalue weighted by molar-refractivity contribution is 7.26. The Morgan fingerprint density at radius 1 is 0.512 bits per heavy atom. The lowest BCUT2D eigenvalue weighted by Gasteiger charge is -2.18. The molecule has 1 N–H and O–H groups in total. The van der Waals surface area contributed by atoms with Crippen molar-refractivity contribution in [3.8, 4) is 0 Å². The SMILES string of the molecule is CCCCCCCCCCCCCCCCOCC(CCCCCCCCCCCCCC)OPOCCC(O)Cl. The van der Waals surface area contributed by atoms with E-state index in [1.807, 2.05) is 0 Å². The minimum Gasteiger partial charge on any atom is -0.379 e. The van der Waals surface area contributed by atoms with E-state index in [-0.39, 0.29) is 15.1 Å². The Balaban J connectivity index is 3.74. The number of aliphatic hydroxyl groups is 1. The molecule has 3 atom stereocenters. The van der Waals surface area contributed by atoms with Crippen molar-refractivity contribution in [2.45, 2.75) is 205 Å². The molecule has 0 fully saturated rings. The minimum absolute atomic E-state index is 0.0157. The first kappa shape index (κ1) is 41.6. The number of alkyl halides is 1. The topological polar surface area (TPSA) is 47.9 Å². The van der Waals surface area contributed by atoms with Gasteiger partial charge >= 0.3 is 0 Å². The van der Waals surface area contributed by atoms with Gasteiger partial charge in [0.05, 0.1) is 19.3 Å². The maximum atomic E-state index is 9.18. The summed E-state index contributed by atoms with van der Waals surface area (Å²) in [4.78, 5) is 0. The molecule has 0 radical (unpaired) electrons. The van der Waals surface area contributed by atoms with Crippen LogP contribution in [-0.4, -0.2) is 36.6 Å². The van der Waals surface area contributed by atoms with Gasteiger partial charge in [-0.05, 0) is 12.8 Å². The maximum absolute atomic E-state index is 9.18. The highest BCUT2D eigenvalue weighted by Gasteiger charge is 2.10. The fraction of sp³-hybridized carbons (Fsp3) is 1.00. The molecule has 0 rings (SSSR count). The Kier molecular flexibility index (Phi) is 37.3. The molecule has 6 heteroatoms. The second-order valence-corrected chi connectivity index (χ2v) is 13.4. The zero-order valence-electron chi connectivity index (χ0n) is 27.6. The second kappa shape index (κ2) is 36.8. The van der Waals surface area contributed by atoms with Gasteiger partial charge in [0.2, 0.25) is 0 Å². The molecule has 0 bridgehead atoms. The fourth-order valence-corrected chi connectivity index (χ4v) is 5.98. The first-order valence-electron chi connectivity index (χ1n) is 18.1. The van der Waals surface area contributed by atoms with E-state index in [4.69, 9.17) is 25.4 Å². The Morgan fingerprint density at radius 2 is 0.902 bits per heavy atom. The van der Waals surface area contributed by atoms with Gasteiger partial charge in [-0.25, -0.2) is 0 Å². The molecule has 3 unspecified atom stereocenters. The number of hydrogen-bond acceptors (Lipinski definition) is 4. The zero-order valence-corrected chi connectivity index (χ0v) is 29.4. The van der Waals surface area contributed by atoms with E-state index in [9.17, 15) is 5.11 Å². The highest BCUT2D eigenvalue weighted by Crippen LogP contribution is 2.22. The van der Waals surface area contributed by atoms with Crippen LogP contribution < -0.4 is 0 Å². The fourth-order valence-electron chi connectivity index (χ4n) is 5.30. The van der Waals surface area contributed by atoms with E-state index in [1.165, 1.54) is 161 Å². The molecule has 248 valence electrons. The van der Waals surface area contributed by atoms with Crippen LogP contribution >= 0.6 is 20.6 Å². The van der Waals surface area contributed by atoms with E-state index in [2.05, 4.69) is 13.8 Å². The van der Waals surface area contributed by atoms with E-state index >= 15 is 0 Å². The number of hydrogen-bond donors (Lipinski definition) is 1. The zero-order chi connectivity index (χ0) is 29.9. The molecule has 0 saturated heterocycles. The van der Waals surface area contributed by atoms with Crippen LogP contribution in [0.1, 0.15) is 194 Å². The van der Waals surface area contributed by atoms with Crippen LogP contribution in [0.25, 0.3) is 0 Å². The van der Waals surface area contributed by atoms with Gasteiger partial charge in [0.15, 0.2) is 9.03 Å². The second-order valence-electron chi connectivity index (χ2n) is 12.2. The summed E-state index contributed by atoms with van der Waals surface area (Å²) in [5.74, 6) is 0.